The summed E-state index contributed by atoms with van der Waals surface area (Å²) in [5, 5.41) is 1.07. The summed E-state index contributed by atoms with van der Waals surface area (Å²) in [7, 11) is 0. The van der Waals surface area contributed by atoms with Crippen molar-refractivity contribution >= 4 is 34.8 Å². The van der Waals surface area contributed by atoms with Gasteiger partial charge < -0.3 is 4.74 Å². The topological polar surface area (TPSA) is 35.0 Å². The average Bonchev–Trinajstić information content (AvgIpc) is 2.33. The van der Waals surface area contributed by atoms with Crippen molar-refractivity contribution < 1.29 is 4.74 Å². The van der Waals surface area contributed by atoms with E-state index in [2.05, 4.69) is 9.97 Å². The van der Waals surface area contributed by atoms with Gasteiger partial charge in [-0.15, -0.1) is 0 Å². The van der Waals surface area contributed by atoms with Crippen molar-refractivity contribution in [3.8, 4) is 11.6 Å². The Kier molecular flexibility index (Phi) is 4.43. The molecule has 0 saturated carbocycles. The molecular weight excluding hydrogens is 319 g/mol. The molecule has 20 heavy (non-hydrogen) atoms. The molecule has 106 valence electrons. The smallest absolute Gasteiger partial charge is 0.224 e. The Morgan fingerprint density at radius 3 is 2.40 bits per heavy atom. The fourth-order valence-electron chi connectivity index (χ4n) is 1.46. The first-order valence-corrected chi connectivity index (χ1v) is 7.07. The molecule has 1 heterocycles. The Hall–Kier alpha value is -1.03. The van der Waals surface area contributed by atoms with Crippen LogP contribution in [0.15, 0.2) is 24.3 Å². The minimum atomic E-state index is -0.235. The van der Waals surface area contributed by atoms with Crippen molar-refractivity contribution in [3.63, 3.8) is 0 Å². The predicted octanol–water partition coefficient (Wildman–Crippen LogP) is 5.53. The lowest BCUT2D eigenvalue weighted by Crippen LogP contribution is -2.16. The first kappa shape index (κ1) is 15.4. The minimum absolute atomic E-state index is 0.235. The van der Waals surface area contributed by atoms with Crippen LogP contribution in [0.5, 0.6) is 11.6 Å². The Bertz CT molecular complexity index is 639. The molecule has 0 fully saturated rings. The summed E-state index contributed by atoms with van der Waals surface area (Å²) in [5.74, 6) is 1.35. The zero-order valence-corrected chi connectivity index (χ0v) is 13.5. The van der Waals surface area contributed by atoms with E-state index in [0.29, 0.717) is 32.7 Å². The van der Waals surface area contributed by atoms with E-state index in [0.717, 1.165) is 0 Å². The van der Waals surface area contributed by atoms with Crippen molar-refractivity contribution in [1.82, 2.24) is 9.97 Å². The molecule has 0 amide bonds. The van der Waals surface area contributed by atoms with Gasteiger partial charge in [0.2, 0.25) is 5.88 Å². The summed E-state index contributed by atoms with van der Waals surface area (Å²) in [6, 6.07) is 6.68. The maximum Gasteiger partial charge on any atom is 0.224 e. The summed E-state index contributed by atoms with van der Waals surface area (Å²) in [6.07, 6.45) is 0. The third-order valence-electron chi connectivity index (χ3n) is 2.47. The number of ether oxygens (including phenoxy) is 1. The zero-order valence-electron chi connectivity index (χ0n) is 11.2. The molecule has 0 N–H and O–H groups in total. The lowest BCUT2D eigenvalue weighted by atomic mass is 9.96. The molecule has 6 heteroatoms. The first-order chi connectivity index (χ1) is 9.27. The third kappa shape index (κ3) is 3.54. The largest absolute Gasteiger partial charge is 0.437 e. The Balaban J connectivity index is 2.39. The fraction of sp³-hybridized carbons (Fsp3) is 0.286. The normalized spacial score (nSPS) is 11.5. The quantitative estimate of drug-likeness (QED) is 0.679. The molecule has 2 aromatic rings. The number of hydrogen-bond donors (Lipinski definition) is 0. The van der Waals surface area contributed by atoms with Gasteiger partial charge >= 0.3 is 0 Å². The third-order valence-corrected chi connectivity index (χ3v) is 3.47. The molecule has 0 radical (unpaired) electrons. The number of hydrogen-bond acceptors (Lipinski definition) is 3. The van der Waals surface area contributed by atoms with Gasteiger partial charge in [0, 0.05) is 11.5 Å². The minimum Gasteiger partial charge on any atom is -0.437 e. The van der Waals surface area contributed by atoms with Crippen LogP contribution >= 0.6 is 34.8 Å². The summed E-state index contributed by atoms with van der Waals surface area (Å²) in [5.41, 5.74) is -0.235. The van der Waals surface area contributed by atoms with E-state index in [4.69, 9.17) is 39.5 Å². The van der Waals surface area contributed by atoms with Crippen LogP contribution in [0.3, 0.4) is 0 Å². The molecular formula is C14H13Cl3N2O. The molecule has 1 aromatic carbocycles. The maximum atomic E-state index is 6.08. The van der Waals surface area contributed by atoms with Crippen LogP contribution in [0.2, 0.25) is 15.2 Å². The standard InChI is InChI=1S/C14H13Cl3N2O/c1-14(2,3)13-18-10(16)7-11(19-13)20-9-6-4-5-8(15)12(9)17/h4-7H,1-3H3. The van der Waals surface area contributed by atoms with Gasteiger partial charge in [0.05, 0.1) is 5.02 Å². The summed E-state index contributed by atoms with van der Waals surface area (Å²) >= 11 is 18.0. The number of rotatable bonds is 2. The number of nitrogens with zero attached hydrogens (tertiary/aromatic N) is 2. The SMILES string of the molecule is CC(C)(C)c1nc(Cl)cc(Oc2cccc(Cl)c2Cl)n1. The molecule has 0 atom stereocenters. The Labute approximate surface area is 132 Å². The Morgan fingerprint density at radius 1 is 1.05 bits per heavy atom. The van der Waals surface area contributed by atoms with Crippen molar-refractivity contribution in [2.24, 2.45) is 0 Å². The van der Waals surface area contributed by atoms with Crippen molar-refractivity contribution in [2.45, 2.75) is 26.2 Å². The van der Waals surface area contributed by atoms with Gasteiger partial charge in [0.15, 0.2) is 0 Å². The van der Waals surface area contributed by atoms with E-state index < -0.39 is 0 Å². The fourth-order valence-corrected chi connectivity index (χ4v) is 1.96. The molecule has 2 rings (SSSR count). The second kappa shape index (κ2) is 5.76. The monoisotopic (exact) mass is 330 g/mol. The molecule has 0 aliphatic rings. The molecule has 1 aromatic heterocycles. The predicted molar refractivity (Wildman–Crippen MR) is 82.3 cm³/mol. The number of benzene rings is 1. The lowest BCUT2D eigenvalue weighted by molar-refractivity contribution is 0.446. The van der Waals surface area contributed by atoms with Gasteiger partial charge in [-0.25, -0.2) is 4.98 Å². The van der Waals surface area contributed by atoms with Crippen LogP contribution < -0.4 is 4.74 Å². The molecule has 0 unspecified atom stereocenters. The van der Waals surface area contributed by atoms with E-state index in [1.54, 1.807) is 18.2 Å². The highest BCUT2D eigenvalue weighted by atomic mass is 35.5. The van der Waals surface area contributed by atoms with Gasteiger partial charge in [0.25, 0.3) is 0 Å². The molecule has 0 spiro atoms. The van der Waals surface area contributed by atoms with Gasteiger partial charge in [0.1, 0.15) is 21.7 Å². The van der Waals surface area contributed by atoms with Crippen LogP contribution in [-0.2, 0) is 5.41 Å². The van der Waals surface area contributed by atoms with Gasteiger partial charge in [-0.1, -0.05) is 61.6 Å². The Morgan fingerprint density at radius 2 is 1.75 bits per heavy atom. The molecule has 3 nitrogen and oxygen atoms in total. The van der Waals surface area contributed by atoms with Crippen LogP contribution in [0, 0.1) is 0 Å². The highest BCUT2D eigenvalue weighted by Crippen LogP contribution is 2.35. The highest BCUT2D eigenvalue weighted by Gasteiger charge is 2.19. The van der Waals surface area contributed by atoms with E-state index in [9.17, 15) is 0 Å². The summed E-state index contributed by atoms with van der Waals surface area (Å²) in [6.45, 7) is 5.98. The van der Waals surface area contributed by atoms with Crippen LogP contribution in [0.4, 0.5) is 0 Å². The van der Waals surface area contributed by atoms with Crippen molar-refractivity contribution in [3.05, 3.63) is 45.3 Å². The number of aromatic nitrogens is 2. The summed E-state index contributed by atoms with van der Waals surface area (Å²) in [4.78, 5) is 8.55. The maximum absolute atomic E-state index is 6.08. The second-order valence-electron chi connectivity index (χ2n) is 5.26. The number of halogens is 3. The highest BCUT2D eigenvalue weighted by molar-refractivity contribution is 6.42. The summed E-state index contributed by atoms with van der Waals surface area (Å²) < 4.78 is 5.65. The second-order valence-corrected chi connectivity index (χ2v) is 6.43. The van der Waals surface area contributed by atoms with Gasteiger partial charge in [-0.3, -0.25) is 0 Å². The lowest BCUT2D eigenvalue weighted by Gasteiger charge is -2.17. The molecule has 0 aliphatic heterocycles. The van der Waals surface area contributed by atoms with E-state index in [1.807, 2.05) is 20.8 Å². The van der Waals surface area contributed by atoms with Gasteiger partial charge in [-0.05, 0) is 12.1 Å². The van der Waals surface area contributed by atoms with Crippen molar-refractivity contribution in [1.29, 1.82) is 0 Å². The molecule has 0 bridgehead atoms. The van der Waals surface area contributed by atoms with Crippen molar-refractivity contribution in [2.75, 3.05) is 0 Å². The molecule has 0 aliphatic carbocycles. The van der Waals surface area contributed by atoms with Crippen LogP contribution in [0.25, 0.3) is 0 Å². The van der Waals surface area contributed by atoms with E-state index in [-0.39, 0.29) is 5.41 Å². The van der Waals surface area contributed by atoms with Crippen LogP contribution in [0.1, 0.15) is 26.6 Å². The van der Waals surface area contributed by atoms with Crippen LogP contribution in [-0.4, -0.2) is 9.97 Å². The first-order valence-electron chi connectivity index (χ1n) is 5.94. The molecule has 0 saturated heterocycles. The van der Waals surface area contributed by atoms with Gasteiger partial charge in [-0.2, -0.15) is 4.98 Å². The zero-order chi connectivity index (χ0) is 14.9. The van der Waals surface area contributed by atoms with E-state index in [1.165, 1.54) is 6.07 Å². The van der Waals surface area contributed by atoms with E-state index >= 15 is 0 Å². The average molecular weight is 332 g/mol.